The van der Waals surface area contributed by atoms with Crippen molar-refractivity contribution in [1.82, 2.24) is 9.88 Å². The van der Waals surface area contributed by atoms with E-state index >= 15 is 0 Å². The van der Waals surface area contributed by atoms with E-state index in [-0.39, 0.29) is 24.0 Å². The third-order valence-corrected chi connectivity index (χ3v) is 3.73. The number of aromatic nitrogens is 1. The molecule has 0 aliphatic rings. The summed E-state index contributed by atoms with van der Waals surface area (Å²) in [5.41, 5.74) is 1.18. The maximum atomic E-state index is 13.9. The van der Waals surface area contributed by atoms with E-state index in [4.69, 9.17) is 0 Å². The van der Waals surface area contributed by atoms with Gasteiger partial charge in [-0.15, -0.1) is 0 Å². The topological polar surface area (TPSA) is 53.5 Å². The number of nitrogens with zero attached hydrogens (tertiary/aromatic N) is 3. The Bertz CT molecular complexity index is 706. The van der Waals surface area contributed by atoms with Crippen molar-refractivity contribution in [3.8, 4) is 0 Å². The average Bonchev–Trinajstić information content (AvgIpc) is 2.58. The molecule has 1 heterocycles. The Labute approximate surface area is 140 Å². The van der Waals surface area contributed by atoms with Crippen LogP contribution in [0.3, 0.4) is 0 Å². The quantitative estimate of drug-likeness (QED) is 0.817. The molecule has 126 valence electrons. The van der Waals surface area contributed by atoms with Crippen molar-refractivity contribution in [1.29, 1.82) is 0 Å². The number of anilines is 1. The molecule has 24 heavy (non-hydrogen) atoms. The second-order valence-electron chi connectivity index (χ2n) is 5.48. The van der Waals surface area contributed by atoms with E-state index in [1.807, 2.05) is 12.1 Å². The van der Waals surface area contributed by atoms with E-state index in [0.717, 1.165) is 10.5 Å². The van der Waals surface area contributed by atoms with Crippen LogP contribution in [0.2, 0.25) is 0 Å². The van der Waals surface area contributed by atoms with Gasteiger partial charge >= 0.3 is 0 Å². The summed E-state index contributed by atoms with van der Waals surface area (Å²) in [5.74, 6) is -1.15. The van der Waals surface area contributed by atoms with Gasteiger partial charge in [-0.25, -0.2) is 4.39 Å². The Morgan fingerprint density at radius 2 is 1.79 bits per heavy atom. The SMILES string of the molecule is CC(=O)N(CC(=O)N(C)CCc1ccncc1)c1ccccc1F. The number of benzene rings is 1. The molecule has 1 aromatic carbocycles. The van der Waals surface area contributed by atoms with Crippen LogP contribution in [0.1, 0.15) is 12.5 Å². The maximum Gasteiger partial charge on any atom is 0.242 e. The molecule has 0 saturated heterocycles. The Kier molecular flexibility index (Phi) is 6.01. The Morgan fingerprint density at radius 3 is 2.42 bits per heavy atom. The minimum Gasteiger partial charge on any atom is -0.344 e. The number of hydrogen-bond donors (Lipinski definition) is 0. The highest BCUT2D eigenvalue weighted by atomic mass is 19.1. The highest BCUT2D eigenvalue weighted by Gasteiger charge is 2.20. The normalized spacial score (nSPS) is 10.3. The first kappa shape index (κ1) is 17.6. The molecule has 0 spiro atoms. The number of halogens is 1. The summed E-state index contributed by atoms with van der Waals surface area (Å²) in [6, 6.07) is 9.70. The third kappa shape index (κ3) is 4.62. The molecule has 6 heteroatoms. The predicted molar refractivity (Wildman–Crippen MR) is 90.0 cm³/mol. The fourth-order valence-electron chi connectivity index (χ4n) is 2.26. The number of likely N-dealkylation sites (N-methyl/N-ethyl adjacent to an activating group) is 1. The zero-order valence-corrected chi connectivity index (χ0v) is 13.8. The van der Waals surface area contributed by atoms with E-state index in [0.29, 0.717) is 13.0 Å². The summed E-state index contributed by atoms with van der Waals surface area (Å²) in [7, 11) is 1.67. The summed E-state index contributed by atoms with van der Waals surface area (Å²) in [5, 5.41) is 0. The van der Waals surface area contributed by atoms with Crippen LogP contribution in [-0.2, 0) is 16.0 Å². The average molecular weight is 329 g/mol. The molecule has 0 atom stereocenters. The van der Waals surface area contributed by atoms with Gasteiger partial charge in [-0.05, 0) is 36.2 Å². The number of rotatable bonds is 6. The lowest BCUT2D eigenvalue weighted by atomic mass is 10.2. The zero-order chi connectivity index (χ0) is 17.5. The molecule has 0 fully saturated rings. The van der Waals surface area contributed by atoms with Crippen LogP contribution < -0.4 is 4.90 Å². The largest absolute Gasteiger partial charge is 0.344 e. The van der Waals surface area contributed by atoms with Gasteiger partial charge in [-0.1, -0.05) is 12.1 Å². The number of pyridine rings is 1. The summed E-state index contributed by atoms with van der Waals surface area (Å²) in [6.45, 7) is 1.63. The first-order valence-corrected chi connectivity index (χ1v) is 7.64. The van der Waals surface area contributed by atoms with Crippen LogP contribution in [0, 0.1) is 5.82 Å². The van der Waals surface area contributed by atoms with Gasteiger partial charge in [0.05, 0.1) is 5.69 Å². The maximum absolute atomic E-state index is 13.9. The second kappa shape index (κ2) is 8.19. The van der Waals surface area contributed by atoms with E-state index in [1.54, 1.807) is 31.6 Å². The smallest absolute Gasteiger partial charge is 0.242 e. The minimum atomic E-state index is -0.528. The van der Waals surface area contributed by atoms with Crippen molar-refractivity contribution in [3.63, 3.8) is 0 Å². The van der Waals surface area contributed by atoms with Gasteiger partial charge in [0.1, 0.15) is 12.4 Å². The first-order chi connectivity index (χ1) is 11.5. The molecule has 0 bridgehead atoms. The molecule has 0 unspecified atom stereocenters. The highest BCUT2D eigenvalue weighted by molar-refractivity contribution is 5.97. The molecule has 0 saturated carbocycles. The van der Waals surface area contributed by atoms with E-state index in [9.17, 15) is 14.0 Å². The fraction of sp³-hybridized carbons (Fsp3) is 0.278. The van der Waals surface area contributed by atoms with E-state index in [1.165, 1.54) is 24.0 Å². The van der Waals surface area contributed by atoms with Gasteiger partial charge in [0, 0.05) is 32.9 Å². The Hall–Kier alpha value is -2.76. The van der Waals surface area contributed by atoms with Crippen LogP contribution >= 0.6 is 0 Å². The Balaban J connectivity index is 2.00. The van der Waals surface area contributed by atoms with Crippen molar-refractivity contribution < 1.29 is 14.0 Å². The van der Waals surface area contributed by atoms with Crippen LogP contribution in [0.25, 0.3) is 0 Å². The number of carbonyl (C=O) groups excluding carboxylic acids is 2. The van der Waals surface area contributed by atoms with Gasteiger partial charge in [-0.3, -0.25) is 14.6 Å². The molecule has 0 N–H and O–H groups in total. The summed E-state index contributed by atoms with van der Waals surface area (Å²) < 4.78 is 13.9. The predicted octanol–water partition coefficient (Wildman–Crippen LogP) is 2.27. The molecule has 0 aliphatic carbocycles. The zero-order valence-electron chi connectivity index (χ0n) is 13.8. The van der Waals surface area contributed by atoms with Crippen LogP contribution in [0.5, 0.6) is 0 Å². The number of carbonyl (C=O) groups is 2. The van der Waals surface area contributed by atoms with Gasteiger partial charge in [0.15, 0.2) is 0 Å². The summed E-state index contributed by atoms with van der Waals surface area (Å²) in [4.78, 5) is 30.8. The highest BCUT2D eigenvalue weighted by Crippen LogP contribution is 2.18. The van der Waals surface area contributed by atoms with Gasteiger partial charge in [0.2, 0.25) is 11.8 Å². The molecule has 2 amide bonds. The molecule has 0 aliphatic heterocycles. The monoisotopic (exact) mass is 329 g/mol. The van der Waals surface area contributed by atoms with Gasteiger partial charge in [-0.2, -0.15) is 0 Å². The molecular formula is C18H20FN3O2. The minimum absolute atomic E-state index is 0.112. The van der Waals surface area contributed by atoms with Crippen LogP contribution in [0.4, 0.5) is 10.1 Å². The molecule has 2 rings (SSSR count). The van der Waals surface area contributed by atoms with Crippen LogP contribution in [0.15, 0.2) is 48.8 Å². The van der Waals surface area contributed by atoms with Crippen molar-refractivity contribution in [2.75, 3.05) is 25.0 Å². The second-order valence-corrected chi connectivity index (χ2v) is 5.48. The lowest BCUT2D eigenvalue weighted by molar-refractivity contribution is -0.130. The molecule has 2 aromatic rings. The fourth-order valence-corrected chi connectivity index (χ4v) is 2.26. The van der Waals surface area contributed by atoms with Gasteiger partial charge in [0.25, 0.3) is 0 Å². The van der Waals surface area contributed by atoms with Crippen molar-refractivity contribution in [3.05, 3.63) is 60.2 Å². The lowest BCUT2D eigenvalue weighted by Gasteiger charge is -2.24. The van der Waals surface area contributed by atoms with Crippen molar-refractivity contribution >= 4 is 17.5 Å². The molecular weight excluding hydrogens is 309 g/mol. The lowest BCUT2D eigenvalue weighted by Crippen LogP contribution is -2.41. The molecule has 0 radical (unpaired) electrons. The standard InChI is InChI=1S/C18H20FN3O2/c1-14(23)22(17-6-4-3-5-16(17)19)13-18(24)21(2)12-9-15-7-10-20-11-8-15/h3-8,10-11H,9,12-13H2,1-2H3. The van der Waals surface area contributed by atoms with Gasteiger partial charge < -0.3 is 9.80 Å². The molecule has 1 aromatic heterocycles. The number of para-hydroxylation sites is 1. The summed E-state index contributed by atoms with van der Waals surface area (Å²) >= 11 is 0. The number of amides is 2. The number of hydrogen-bond acceptors (Lipinski definition) is 3. The van der Waals surface area contributed by atoms with Crippen LogP contribution in [-0.4, -0.2) is 41.8 Å². The Morgan fingerprint density at radius 1 is 1.12 bits per heavy atom. The van der Waals surface area contributed by atoms with Crippen molar-refractivity contribution in [2.45, 2.75) is 13.3 Å². The first-order valence-electron chi connectivity index (χ1n) is 7.64. The summed E-state index contributed by atoms with van der Waals surface area (Å²) in [6.07, 6.45) is 4.09. The third-order valence-electron chi connectivity index (χ3n) is 3.73. The van der Waals surface area contributed by atoms with E-state index in [2.05, 4.69) is 4.98 Å². The van der Waals surface area contributed by atoms with Crippen molar-refractivity contribution in [2.24, 2.45) is 0 Å². The van der Waals surface area contributed by atoms with E-state index < -0.39 is 5.82 Å². The molecule has 5 nitrogen and oxygen atoms in total.